The molecule has 0 aliphatic carbocycles. The molecule has 2 fully saturated rings. The molecule has 0 spiro atoms. The second-order valence-corrected chi connectivity index (χ2v) is 12.6. The van der Waals surface area contributed by atoms with Crippen LogP contribution < -0.4 is 25.8 Å². The van der Waals surface area contributed by atoms with Gasteiger partial charge >= 0.3 is 12.2 Å². The molecule has 4 N–H and O–H groups in total. The molecule has 3 atom stereocenters. The van der Waals surface area contributed by atoms with Gasteiger partial charge in [0.1, 0.15) is 29.9 Å². The highest BCUT2D eigenvalue weighted by molar-refractivity contribution is 6.36. The highest BCUT2D eigenvalue weighted by atomic mass is 35.5. The van der Waals surface area contributed by atoms with Gasteiger partial charge in [-0.15, -0.1) is 0 Å². The first kappa shape index (κ1) is 34.6. The van der Waals surface area contributed by atoms with E-state index in [9.17, 15) is 17.6 Å². The van der Waals surface area contributed by atoms with E-state index >= 15 is 8.78 Å². The molecule has 4 aromatic rings. The van der Waals surface area contributed by atoms with Crippen LogP contribution in [0.4, 0.5) is 43.7 Å². The van der Waals surface area contributed by atoms with E-state index in [-0.39, 0.29) is 41.9 Å². The van der Waals surface area contributed by atoms with Crippen molar-refractivity contribution in [1.29, 1.82) is 0 Å². The van der Waals surface area contributed by atoms with Crippen LogP contribution in [0, 0.1) is 18.6 Å². The van der Waals surface area contributed by atoms with Crippen LogP contribution in [0.15, 0.2) is 24.4 Å². The number of halogens is 7. The third-order valence-corrected chi connectivity index (χ3v) is 9.61. The van der Waals surface area contributed by atoms with Gasteiger partial charge in [-0.2, -0.15) is 23.1 Å². The van der Waals surface area contributed by atoms with Gasteiger partial charge in [0.05, 0.1) is 41.4 Å². The number of ether oxygens (including phenoxy) is 2. The number of pyridine rings is 1. The van der Waals surface area contributed by atoms with E-state index in [0.29, 0.717) is 18.2 Å². The molecule has 3 aliphatic heterocycles. The molecule has 0 radical (unpaired) electrons. The van der Waals surface area contributed by atoms with Crippen molar-refractivity contribution in [3.63, 3.8) is 0 Å². The van der Waals surface area contributed by atoms with E-state index in [0.717, 1.165) is 26.0 Å². The van der Waals surface area contributed by atoms with E-state index in [1.165, 1.54) is 26.1 Å². The number of methoxy groups -OCH3 is 1. The highest BCUT2D eigenvalue weighted by Gasteiger charge is 2.41. The molecule has 2 aromatic heterocycles. The van der Waals surface area contributed by atoms with Crippen LogP contribution in [0.2, 0.25) is 5.02 Å². The van der Waals surface area contributed by atoms with E-state index in [1.54, 1.807) is 17.0 Å². The van der Waals surface area contributed by atoms with Crippen LogP contribution in [0.5, 0.6) is 11.8 Å². The number of anilines is 3. The fourth-order valence-electron chi connectivity index (χ4n) is 7.02. The number of fused-ring (bicyclic) bond motifs is 1. The quantitative estimate of drug-likeness (QED) is 0.167. The fraction of sp³-hybridized carbons (Fsp3) is 0.424. The summed E-state index contributed by atoms with van der Waals surface area (Å²) in [4.78, 5) is 16.6. The molecule has 3 unspecified atom stereocenters. The molecule has 49 heavy (non-hydrogen) atoms. The Bertz CT molecular complexity index is 1900. The maximum Gasteiger partial charge on any atom is 0.417 e. The number of alkyl halides is 4. The molecule has 0 amide bonds. The number of hydrogen-bond acceptors (Lipinski definition) is 9. The molecule has 16 heteroatoms. The summed E-state index contributed by atoms with van der Waals surface area (Å²) in [5.74, 6) is -2.66. The summed E-state index contributed by atoms with van der Waals surface area (Å²) < 4.78 is 98.0. The van der Waals surface area contributed by atoms with Crippen molar-refractivity contribution in [2.75, 3.05) is 49.7 Å². The van der Waals surface area contributed by atoms with Crippen molar-refractivity contribution in [2.24, 2.45) is 0 Å². The second kappa shape index (κ2) is 13.2. The third kappa shape index (κ3) is 6.22. The minimum Gasteiger partial charge on any atom is -0.489 e. The van der Waals surface area contributed by atoms with Gasteiger partial charge in [0.25, 0.3) is 0 Å². The SMILES string of the molecule is COc1nc2c3c(c(Cl)c(-c4c(F)c(N)cc(C)c4C(F)(F)F)c(F)c3n1)OCCN2C(C)c1cccnc1N.FC1CC2CCCN2C1. The summed E-state index contributed by atoms with van der Waals surface area (Å²) in [6, 6.07) is 4.13. The van der Waals surface area contributed by atoms with Gasteiger partial charge in [-0.1, -0.05) is 17.7 Å². The smallest absolute Gasteiger partial charge is 0.417 e. The van der Waals surface area contributed by atoms with Crippen molar-refractivity contribution >= 4 is 39.8 Å². The molecule has 2 aromatic carbocycles. The van der Waals surface area contributed by atoms with Gasteiger partial charge in [0, 0.05) is 35.5 Å². The van der Waals surface area contributed by atoms with Crippen LogP contribution in [-0.2, 0) is 6.18 Å². The molecule has 7 rings (SSSR count). The molecule has 0 saturated carbocycles. The molecule has 0 bridgehead atoms. The lowest BCUT2D eigenvalue weighted by molar-refractivity contribution is -0.137. The zero-order valence-corrected chi connectivity index (χ0v) is 27.6. The van der Waals surface area contributed by atoms with E-state index in [2.05, 4.69) is 19.9 Å². The van der Waals surface area contributed by atoms with Crippen molar-refractivity contribution in [3.05, 3.63) is 57.7 Å². The van der Waals surface area contributed by atoms with Crippen LogP contribution in [0.1, 0.15) is 48.9 Å². The minimum atomic E-state index is -5.07. The predicted octanol–water partition coefficient (Wildman–Crippen LogP) is 7.28. The van der Waals surface area contributed by atoms with Gasteiger partial charge in [-0.05, 0) is 57.4 Å². The molecular weight excluding hydrogens is 676 g/mol. The maximum atomic E-state index is 16.4. The summed E-state index contributed by atoms with van der Waals surface area (Å²) in [7, 11) is 1.24. The Morgan fingerprint density at radius 3 is 2.55 bits per heavy atom. The third-order valence-electron chi connectivity index (χ3n) is 9.25. The normalized spacial score (nSPS) is 19.6. The standard InChI is InChI=1S/C26H22ClF5N6O2.C7H12FN/c1-10-9-13(33)19(28)14(17(10)26(30,31)32)15-18(27)22-16-21(20(15)29)36-25(39-3)37-24(16)38(7-8-40-22)11(2)12-5-4-6-35-23(12)34;8-6-4-7-2-1-3-9(7)5-6/h4-6,9,11H,7-8,33H2,1-3H3,(H2,34,35);6-7H,1-5H2. The van der Waals surface area contributed by atoms with Gasteiger partial charge in [-0.25, -0.2) is 18.2 Å². The summed E-state index contributed by atoms with van der Waals surface area (Å²) in [6.07, 6.45) is -0.729. The first-order valence-electron chi connectivity index (χ1n) is 15.6. The Morgan fingerprint density at radius 1 is 1.12 bits per heavy atom. The first-order valence-corrected chi connectivity index (χ1v) is 16.0. The molecule has 3 aliphatic rings. The lowest BCUT2D eigenvalue weighted by Crippen LogP contribution is -2.31. The lowest BCUT2D eigenvalue weighted by Gasteiger charge is -2.30. The van der Waals surface area contributed by atoms with Gasteiger partial charge < -0.3 is 25.8 Å². The highest BCUT2D eigenvalue weighted by Crippen LogP contribution is 2.52. The first-order chi connectivity index (χ1) is 23.2. The predicted molar refractivity (Wildman–Crippen MR) is 175 cm³/mol. The summed E-state index contributed by atoms with van der Waals surface area (Å²) in [5.41, 5.74) is 7.41. The number of nitrogens with two attached hydrogens (primary N) is 2. The average Bonchev–Trinajstić information content (AvgIpc) is 3.56. The van der Waals surface area contributed by atoms with E-state index < -0.39 is 68.5 Å². The second-order valence-electron chi connectivity index (χ2n) is 12.3. The summed E-state index contributed by atoms with van der Waals surface area (Å²) in [6.45, 7) is 4.88. The van der Waals surface area contributed by atoms with Crippen molar-refractivity contribution in [2.45, 2.75) is 57.5 Å². The summed E-state index contributed by atoms with van der Waals surface area (Å²) in [5, 5.41) is -0.627. The molecule has 2 saturated heterocycles. The lowest BCUT2D eigenvalue weighted by atomic mass is 9.92. The largest absolute Gasteiger partial charge is 0.489 e. The van der Waals surface area contributed by atoms with Crippen LogP contribution in [-0.4, -0.2) is 65.4 Å². The molecule has 262 valence electrons. The maximum absolute atomic E-state index is 16.4. The summed E-state index contributed by atoms with van der Waals surface area (Å²) >= 11 is 6.57. The zero-order chi connectivity index (χ0) is 35.4. The number of hydrogen-bond donors (Lipinski definition) is 2. The Labute approximate surface area is 283 Å². The van der Waals surface area contributed by atoms with Crippen LogP contribution in [0.3, 0.4) is 0 Å². The molecule has 5 heterocycles. The van der Waals surface area contributed by atoms with E-state index in [4.69, 9.17) is 32.5 Å². The zero-order valence-electron chi connectivity index (χ0n) is 26.8. The van der Waals surface area contributed by atoms with Crippen molar-refractivity contribution in [3.8, 4) is 22.9 Å². The van der Waals surface area contributed by atoms with Gasteiger partial charge in [0.2, 0.25) is 0 Å². The Morgan fingerprint density at radius 2 is 1.88 bits per heavy atom. The number of nitrogen functional groups attached to an aromatic ring is 2. The van der Waals surface area contributed by atoms with Crippen molar-refractivity contribution < 1.29 is 35.8 Å². The number of rotatable bonds is 4. The topological polar surface area (TPSA) is 116 Å². The van der Waals surface area contributed by atoms with Crippen LogP contribution >= 0.6 is 11.6 Å². The van der Waals surface area contributed by atoms with Gasteiger partial charge in [-0.3, -0.25) is 4.90 Å². The van der Waals surface area contributed by atoms with E-state index in [1.807, 2.05) is 6.92 Å². The van der Waals surface area contributed by atoms with Crippen LogP contribution in [0.25, 0.3) is 22.0 Å². The van der Waals surface area contributed by atoms with Crippen molar-refractivity contribution in [1.82, 2.24) is 19.9 Å². The monoisotopic (exact) mass is 709 g/mol. The number of aromatic nitrogens is 3. The van der Waals surface area contributed by atoms with Gasteiger partial charge in [0.15, 0.2) is 17.4 Å². The number of benzene rings is 2. The Hall–Kier alpha value is -4.24. The Kier molecular flexibility index (Phi) is 9.35. The minimum absolute atomic E-state index is 0.0338. The number of nitrogens with zero attached hydrogens (tertiary/aromatic N) is 5. The fourth-order valence-corrected chi connectivity index (χ4v) is 7.34. The Balaban J connectivity index is 0.000000396. The average molecular weight is 710 g/mol. The number of aryl methyl sites for hydroxylation is 1. The molecular formula is C33H34ClF6N7O2. The molecule has 9 nitrogen and oxygen atoms in total.